The fourth-order valence-corrected chi connectivity index (χ4v) is 4.71. The average Bonchev–Trinajstić information content (AvgIpc) is 3.06. The molecule has 3 rings (SSSR count). The quantitative estimate of drug-likeness (QED) is 0.811. The monoisotopic (exact) mass is 315 g/mol. The Labute approximate surface area is 141 Å². The molecule has 0 bridgehead atoms. The largest absolute Gasteiger partial charge is 0.507 e. The first-order valence-corrected chi connectivity index (χ1v) is 9.66. The molecule has 1 atom stereocenters. The van der Waals surface area contributed by atoms with Gasteiger partial charge in [0.05, 0.1) is 0 Å². The fraction of sp³-hybridized carbons (Fsp3) is 0.714. The van der Waals surface area contributed by atoms with Crippen molar-refractivity contribution in [2.75, 3.05) is 19.6 Å². The molecule has 1 N–H and O–H groups in total. The summed E-state index contributed by atoms with van der Waals surface area (Å²) in [6.45, 7) is 7.77. The summed E-state index contributed by atoms with van der Waals surface area (Å²) in [4.78, 5) is 2.67. The third kappa shape index (κ3) is 4.09. The molecule has 128 valence electrons. The Morgan fingerprint density at radius 3 is 2.65 bits per heavy atom. The molecule has 1 saturated carbocycles. The smallest absolute Gasteiger partial charge is 0.121 e. The highest BCUT2D eigenvalue weighted by atomic mass is 16.3. The van der Waals surface area contributed by atoms with E-state index < -0.39 is 0 Å². The number of likely N-dealkylation sites (tertiary alicyclic amines) is 1. The van der Waals surface area contributed by atoms with Crippen LogP contribution in [0.5, 0.6) is 5.75 Å². The van der Waals surface area contributed by atoms with Gasteiger partial charge in [0.1, 0.15) is 5.75 Å². The molecule has 0 amide bonds. The van der Waals surface area contributed by atoms with E-state index in [-0.39, 0.29) is 0 Å². The van der Waals surface area contributed by atoms with Crippen LogP contribution in [-0.2, 0) is 0 Å². The molecule has 1 aromatic carbocycles. The molecule has 0 aromatic heterocycles. The summed E-state index contributed by atoms with van der Waals surface area (Å²) in [6.07, 6.45) is 11.2. The number of phenolic OH excluding ortho intramolecular Hbond substituents is 1. The normalized spacial score (nSPS) is 23.5. The Kier molecular flexibility index (Phi) is 5.63. The summed E-state index contributed by atoms with van der Waals surface area (Å²) in [5.41, 5.74) is 3.46. The molecule has 1 aliphatic carbocycles. The van der Waals surface area contributed by atoms with Gasteiger partial charge in [-0.05, 0) is 81.1 Å². The molecule has 2 nitrogen and oxygen atoms in total. The van der Waals surface area contributed by atoms with E-state index in [0.29, 0.717) is 11.7 Å². The second-order valence-electron chi connectivity index (χ2n) is 7.88. The lowest BCUT2D eigenvalue weighted by Gasteiger charge is -2.34. The zero-order valence-electron chi connectivity index (χ0n) is 15.0. The van der Waals surface area contributed by atoms with Crippen LogP contribution in [0, 0.1) is 19.8 Å². The molecule has 1 unspecified atom stereocenters. The first-order valence-electron chi connectivity index (χ1n) is 9.66. The van der Waals surface area contributed by atoms with Crippen molar-refractivity contribution in [3.05, 3.63) is 28.8 Å². The lowest BCUT2D eigenvalue weighted by Crippen LogP contribution is -2.35. The van der Waals surface area contributed by atoms with Crippen LogP contribution < -0.4 is 0 Å². The van der Waals surface area contributed by atoms with Gasteiger partial charge in [-0.15, -0.1) is 0 Å². The topological polar surface area (TPSA) is 23.5 Å². The second kappa shape index (κ2) is 7.70. The first-order chi connectivity index (χ1) is 11.1. The number of aromatic hydroxyl groups is 1. The van der Waals surface area contributed by atoms with Crippen LogP contribution in [0.1, 0.15) is 74.0 Å². The minimum Gasteiger partial charge on any atom is -0.507 e. The molecule has 23 heavy (non-hydrogen) atoms. The number of aryl methyl sites for hydroxylation is 1. The number of nitrogens with zero attached hydrogens (tertiary/aromatic N) is 1. The van der Waals surface area contributed by atoms with Gasteiger partial charge >= 0.3 is 0 Å². The SMILES string of the molecule is Cc1ccc(C2CCCN(CCCC3CCCC3)C2)c(C)c1O. The van der Waals surface area contributed by atoms with Crippen molar-refractivity contribution in [1.82, 2.24) is 4.90 Å². The second-order valence-corrected chi connectivity index (χ2v) is 7.88. The highest BCUT2D eigenvalue weighted by Gasteiger charge is 2.24. The van der Waals surface area contributed by atoms with Gasteiger partial charge in [-0.1, -0.05) is 37.8 Å². The highest BCUT2D eigenvalue weighted by Crippen LogP contribution is 2.34. The third-order valence-electron chi connectivity index (χ3n) is 6.18. The van der Waals surface area contributed by atoms with Crippen molar-refractivity contribution >= 4 is 0 Å². The van der Waals surface area contributed by atoms with Gasteiger partial charge in [0.2, 0.25) is 0 Å². The van der Waals surface area contributed by atoms with Gasteiger partial charge in [0.15, 0.2) is 0 Å². The molecule has 1 saturated heterocycles. The summed E-state index contributed by atoms with van der Waals surface area (Å²) in [5.74, 6) is 2.12. The Morgan fingerprint density at radius 2 is 1.87 bits per heavy atom. The molecule has 0 radical (unpaired) electrons. The van der Waals surface area contributed by atoms with E-state index in [1.165, 1.54) is 76.6 Å². The van der Waals surface area contributed by atoms with Gasteiger partial charge in [-0.2, -0.15) is 0 Å². The predicted octanol–water partition coefficient (Wildman–Crippen LogP) is 5.16. The number of hydrogen-bond donors (Lipinski definition) is 1. The number of hydrogen-bond acceptors (Lipinski definition) is 2. The number of phenols is 1. The van der Waals surface area contributed by atoms with Gasteiger partial charge < -0.3 is 10.0 Å². The summed E-state index contributed by atoms with van der Waals surface area (Å²) in [6, 6.07) is 4.33. The summed E-state index contributed by atoms with van der Waals surface area (Å²) < 4.78 is 0. The van der Waals surface area contributed by atoms with Gasteiger partial charge in [-0.3, -0.25) is 0 Å². The molecule has 1 aliphatic heterocycles. The number of rotatable bonds is 5. The van der Waals surface area contributed by atoms with Crippen LogP contribution in [0.2, 0.25) is 0 Å². The van der Waals surface area contributed by atoms with Crippen molar-refractivity contribution in [2.45, 2.75) is 71.1 Å². The van der Waals surface area contributed by atoms with E-state index in [1.807, 2.05) is 6.92 Å². The predicted molar refractivity (Wildman–Crippen MR) is 97.2 cm³/mol. The van der Waals surface area contributed by atoms with Crippen LogP contribution in [0.15, 0.2) is 12.1 Å². The Balaban J connectivity index is 1.54. The molecular weight excluding hydrogens is 282 g/mol. The van der Waals surface area contributed by atoms with Crippen molar-refractivity contribution in [3.8, 4) is 5.75 Å². The van der Waals surface area contributed by atoms with Gasteiger partial charge in [0.25, 0.3) is 0 Å². The maximum Gasteiger partial charge on any atom is 0.121 e. The molecular formula is C21H33NO. The van der Waals surface area contributed by atoms with Crippen LogP contribution in [0.3, 0.4) is 0 Å². The molecule has 2 fully saturated rings. The third-order valence-corrected chi connectivity index (χ3v) is 6.18. The molecule has 0 spiro atoms. The van der Waals surface area contributed by atoms with Crippen molar-refractivity contribution in [3.63, 3.8) is 0 Å². The maximum atomic E-state index is 10.2. The van der Waals surface area contributed by atoms with E-state index >= 15 is 0 Å². The van der Waals surface area contributed by atoms with Crippen LogP contribution >= 0.6 is 0 Å². The van der Waals surface area contributed by atoms with Crippen LogP contribution in [0.25, 0.3) is 0 Å². The molecule has 2 heteroatoms. The summed E-state index contributed by atoms with van der Waals surface area (Å²) in [5, 5.41) is 10.2. The van der Waals surface area contributed by atoms with E-state index in [0.717, 1.165) is 17.0 Å². The van der Waals surface area contributed by atoms with Gasteiger partial charge in [0, 0.05) is 6.54 Å². The lowest BCUT2D eigenvalue weighted by atomic mass is 9.86. The zero-order chi connectivity index (χ0) is 16.2. The van der Waals surface area contributed by atoms with Crippen LogP contribution in [-0.4, -0.2) is 29.6 Å². The standard InChI is InChI=1S/C21H33NO/c1-16-11-12-20(17(2)21(16)23)19-10-6-14-22(15-19)13-5-9-18-7-3-4-8-18/h11-12,18-19,23H,3-10,13-15H2,1-2H3. The first kappa shape index (κ1) is 16.8. The summed E-state index contributed by atoms with van der Waals surface area (Å²) >= 11 is 0. The van der Waals surface area contributed by atoms with Crippen molar-refractivity contribution < 1.29 is 5.11 Å². The molecule has 1 aromatic rings. The minimum absolute atomic E-state index is 0.501. The molecule has 1 heterocycles. The number of piperidine rings is 1. The van der Waals surface area contributed by atoms with E-state index in [4.69, 9.17) is 0 Å². The molecule has 2 aliphatic rings. The van der Waals surface area contributed by atoms with E-state index in [9.17, 15) is 5.11 Å². The van der Waals surface area contributed by atoms with Crippen LogP contribution in [0.4, 0.5) is 0 Å². The fourth-order valence-electron chi connectivity index (χ4n) is 4.71. The van der Waals surface area contributed by atoms with Crippen molar-refractivity contribution in [2.24, 2.45) is 5.92 Å². The summed E-state index contributed by atoms with van der Waals surface area (Å²) in [7, 11) is 0. The highest BCUT2D eigenvalue weighted by molar-refractivity contribution is 5.45. The van der Waals surface area contributed by atoms with E-state index in [1.54, 1.807) is 0 Å². The van der Waals surface area contributed by atoms with Gasteiger partial charge in [-0.25, -0.2) is 0 Å². The Bertz CT molecular complexity index is 519. The average molecular weight is 316 g/mol. The number of benzene rings is 1. The maximum absolute atomic E-state index is 10.2. The Hall–Kier alpha value is -1.02. The Morgan fingerprint density at radius 1 is 1.09 bits per heavy atom. The lowest BCUT2D eigenvalue weighted by molar-refractivity contribution is 0.200. The zero-order valence-corrected chi connectivity index (χ0v) is 15.0. The van der Waals surface area contributed by atoms with Crippen molar-refractivity contribution in [1.29, 1.82) is 0 Å². The van der Waals surface area contributed by atoms with E-state index in [2.05, 4.69) is 24.0 Å². The minimum atomic E-state index is 0.501.